The van der Waals surface area contributed by atoms with Crippen LogP contribution in [0.4, 0.5) is 4.39 Å². The standard InChI is InChI=1S/C13H13BrFN3/c1-8(16)4-9-6-17-13(18-7-9)11-3-2-10(15)5-12(11)14/h2-3,5-8H,4,16H2,1H3. The fraction of sp³-hybridized carbons (Fsp3) is 0.231. The lowest BCUT2D eigenvalue weighted by molar-refractivity contribution is 0.627. The summed E-state index contributed by atoms with van der Waals surface area (Å²) < 4.78 is 13.6. The van der Waals surface area contributed by atoms with E-state index in [9.17, 15) is 4.39 Å². The Morgan fingerprint density at radius 2 is 2.00 bits per heavy atom. The van der Waals surface area contributed by atoms with Gasteiger partial charge >= 0.3 is 0 Å². The Bertz CT molecular complexity index is 540. The molecule has 1 heterocycles. The first-order valence-electron chi connectivity index (χ1n) is 5.58. The van der Waals surface area contributed by atoms with E-state index in [2.05, 4.69) is 25.9 Å². The van der Waals surface area contributed by atoms with Crippen LogP contribution in [0.3, 0.4) is 0 Å². The van der Waals surface area contributed by atoms with E-state index in [1.807, 2.05) is 6.92 Å². The molecule has 94 valence electrons. The molecule has 18 heavy (non-hydrogen) atoms. The summed E-state index contributed by atoms with van der Waals surface area (Å²) in [5.41, 5.74) is 7.47. The van der Waals surface area contributed by atoms with Crippen molar-refractivity contribution in [1.82, 2.24) is 9.97 Å². The van der Waals surface area contributed by atoms with Gasteiger partial charge in [-0.05, 0) is 53.0 Å². The van der Waals surface area contributed by atoms with Gasteiger partial charge in [0.1, 0.15) is 5.82 Å². The molecular formula is C13H13BrFN3. The molecule has 2 rings (SSSR count). The topological polar surface area (TPSA) is 51.8 Å². The van der Waals surface area contributed by atoms with Crippen molar-refractivity contribution >= 4 is 15.9 Å². The number of nitrogens with zero attached hydrogens (tertiary/aromatic N) is 2. The third kappa shape index (κ3) is 3.11. The van der Waals surface area contributed by atoms with Crippen LogP contribution in [0.25, 0.3) is 11.4 Å². The predicted octanol–water partition coefficient (Wildman–Crippen LogP) is 2.93. The Morgan fingerprint density at radius 3 is 2.56 bits per heavy atom. The molecule has 0 radical (unpaired) electrons. The van der Waals surface area contributed by atoms with E-state index >= 15 is 0 Å². The highest BCUT2D eigenvalue weighted by molar-refractivity contribution is 9.10. The molecule has 0 bridgehead atoms. The molecule has 1 atom stereocenters. The first-order valence-corrected chi connectivity index (χ1v) is 6.37. The van der Waals surface area contributed by atoms with Crippen molar-refractivity contribution in [2.24, 2.45) is 5.73 Å². The smallest absolute Gasteiger partial charge is 0.160 e. The van der Waals surface area contributed by atoms with Crippen LogP contribution >= 0.6 is 15.9 Å². The fourth-order valence-corrected chi connectivity index (χ4v) is 2.17. The van der Waals surface area contributed by atoms with Crippen molar-refractivity contribution in [3.8, 4) is 11.4 Å². The van der Waals surface area contributed by atoms with E-state index in [-0.39, 0.29) is 11.9 Å². The molecule has 0 amide bonds. The molecule has 5 heteroatoms. The third-order valence-corrected chi connectivity index (χ3v) is 3.09. The minimum Gasteiger partial charge on any atom is -0.328 e. The quantitative estimate of drug-likeness (QED) is 0.948. The minimum atomic E-state index is -0.292. The lowest BCUT2D eigenvalue weighted by atomic mass is 10.1. The maximum atomic E-state index is 13.0. The summed E-state index contributed by atoms with van der Waals surface area (Å²) in [5, 5.41) is 0. The highest BCUT2D eigenvalue weighted by Gasteiger charge is 2.07. The molecule has 3 nitrogen and oxygen atoms in total. The van der Waals surface area contributed by atoms with Crippen molar-refractivity contribution in [2.45, 2.75) is 19.4 Å². The van der Waals surface area contributed by atoms with Crippen LogP contribution in [0.15, 0.2) is 35.1 Å². The van der Waals surface area contributed by atoms with Crippen molar-refractivity contribution in [3.05, 3.63) is 46.4 Å². The monoisotopic (exact) mass is 309 g/mol. The molecule has 0 aliphatic rings. The summed E-state index contributed by atoms with van der Waals surface area (Å²) >= 11 is 3.30. The number of hydrogen-bond donors (Lipinski definition) is 1. The van der Waals surface area contributed by atoms with Gasteiger partial charge in [-0.1, -0.05) is 0 Å². The van der Waals surface area contributed by atoms with Gasteiger partial charge < -0.3 is 5.73 Å². The molecule has 1 aromatic heterocycles. The van der Waals surface area contributed by atoms with Crippen LogP contribution in [-0.4, -0.2) is 16.0 Å². The molecular weight excluding hydrogens is 297 g/mol. The van der Waals surface area contributed by atoms with Gasteiger partial charge in [0, 0.05) is 28.5 Å². The zero-order valence-corrected chi connectivity index (χ0v) is 11.5. The van der Waals surface area contributed by atoms with Crippen LogP contribution in [0, 0.1) is 5.82 Å². The highest BCUT2D eigenvalue weighted by Crippen LogP contribution is 2.25. The second-order valence-corrected chi connectivity index (χ2v) is 5.07. The number of halogens is 2. The molecule has 0 saturated heterocycles. The Hall–Kier alpha value is -1.33. The molecule has 0 saturated carbocycles. The summed E-state index contributed by atoms with van der Waals surface area (Å²) in [6, 6.07) is 4.52. The fourth-order valence-electron chi connectivity index (χ4n) is 1.64. The number of benzene rings is 1. The third-order valence-electron chi connectivity index (χ3n) is 2.44. The summed E-state index contributed by atoms with van der Waals surface area (Å²) in [6.07, 6.45) is 4.24. The maximum Gasteiger partial charge on any atom is 0.160 e. The molecule has 0 fully saturated rings. The van der Waals surface area contributed by atoms with Gasteiger partial charge in [0.2, 0.25) is 0 Å². The molecule has 1 unspecified atom stereocenters. The van der Waals surface area contributed by atoms with Crippen LogP contribution in [-0.2, 0) is 6.42 Å². The van der Waals surface area contributed by atoms with Crippen molar-refractivity contribution in [1.29, 1.82) is 0 Å². The summed E-state index contributed by atoms with van der Waals surface area (Å²) in [4.78, 5) is 8.55. The van der Waals surface area contributed by atoms with Crippen molar-refractivity contribution in [3.63, 3.8) is 0 Å². The predicted molar refractivity (Wildman–Crippen MR) is 72.5 cm³/mol. The maximum absolute atomic E-state index is 13.0. The molecule has 0 aliphatic carbocycles. The van der Waals surface area contributed by atoms with Crippen molar-refractivity contribution in [2.75, 3.05) is 0 Å². The van der Waals surface area contributed by atoms with Crippen LogP contribution < -0.4 is 5.73 Å². The number of rotatable bonds is 3. The Kier molecular flexibility index (Phi) is 4.04. The second kappa shape index (κ2) is 5.54. The van der Waals surface area contributed by atoms with E-state index in [1.165, 1.54) is 12.1 Å². The molecule has 2 aromatic rings. The van der Waals surface area contributed by atoms with Gasteiger partial charge in [0.15, 0.2) is 5.82 Å². The van der Waals surface area contributed by atoms with E-state index in [0.29, 0.717) is 10.3 Å². The van der Waals surface area contributed by atoms with Crippen molar-refractivity contribution < 1.29 is 4.39 Å². The number of nitrogens with two attached hydrogens (primary N) is 1. The second-order valence-electron chi connectivity index (χ2n) is 4.22. The van der Waals surface area contributed by atoms with E-state index < -0.39 is 0 Å². The van der Waals surface area contributed by atoms with Crippen LogP contribution in [0.1, 0.15) is 12.5 Å². The van der Waals surface area contributed by atoms with Gasteiger partial charge in [-0.15, -0.1) is 0 Å². The average molecular weight is 310 g/mol. The van der Waals surface area contributed by atoms with Gasteiger partial charge in [-0.3, -0.25) is 0 Å². The summed E-state index contributed by atoms with van der Waals surface area (Å²) in [6.45, 7) is 1.93. The zero-order valence-electron chi connectivity index (χ0n) is 9.90. The van der Waals surface area contributed by atoms with E-state index in [1.54, 1.807) is 18.5 Å². The molecule has 1 aromatic carbocycles. The van der Waals surface area contributed by atoms with Crippen LogP contribution in [0.5, 0.6) is 0 Å². The minimum absolute atomic E-state index is 0.0806. The number of aromatic nitrogens is 2. The molecule has 0 aliphatic heterocycles. The molecule has 0 spiro atoms. The molecule has 2 N–H and O–H groups in total. The van der Waals surface area contributed by atoms with Gasteiger partial charge in [-0.25, -0.2) is 14.4 Å². The zero-order chi connectivity index (χ0) is 13.1. The lowest BCUT2D eigenvalue weighted by Gasteiger charge is -2.06. The van der Waals surface area contributed by atoms with Gasteiger partial charge in [0.25, 0.3) is 0 Å². The Morgan fingerprint density at radius 1 is 1.33 bits per heavy atom. The van der Waals surface area contributed by atoms with Gasteiger partial charge in [-0.2, -0.15) is 0 Å². The summed E-state index contributed by atoms with van der Waals surface area (Å²) in [7, 11) is 0. The Balaban J connectivity index is 2.28. The first kappa shape index (κ1) is 13.1. The largest absolute Gasteiger partial charge is 0.328 e. The van der Waals surface area contributed by atoms with E-state index in [4.69, 9.17) is 5.73 Å². The van der Waals surface area contributed by atoms with E-state index in [0.717, 1.165) is 17.5 Å². The number of hydrogen-bond acceptors (Lipinski definition) is 3. The normalized spacial score (nSPS) is 12.4. The lowest BCUT2D eigenvalue weighted by Crippen LogP contribution is -2.18. The van der Waals surface area contributed by atoms with Gasteiger partial charge in [0.05, 0.1) is 0 Å². The van der Waals surface area contributed by atoms with Crippen LogP contribution in [0.2, 0.25) is 0 Å². The highest BCUT2D eigenvalue weighted by atomic mass is 79.9. The SMILES string of the molecule is CC(N)Cc1cnc(-c2ccc(F)cc2Br)nc1. The Labute approximate surface area is 113 Å². The first-order chi connectivity index (χ1) is 8.56. The average Bonchev–Trinajstić information content (AvgIpc) is 2.30. The summed E-state index contributed by atoms with van der Waals surface area (Å²) in [5.74, 6) is 0.273.